The van der Waals surface area contributed by atoms with Gasteiger partial charge in [-0.2, -0.15) is 0 Å². The molecule has 2 fully saturated rings. The molecule has 1 N–H and O–H groups in total. The lowest BCUT2D eigenvalue weighted by Crippen LogP contribution is -2.40. The number of piperidine rings is 1. The predicted octanol–water partition coefficient (Wildman–Crippen LogP) is 2.81. The summed E-state index contributed by atoms with van der Waals surface area (Å²) in [6.07, 6.45) is 2.50. The Balaban J connectivity index is 1.55. The van der Waals surface area contributed by atoms with Gasteiger partial charge in [-0.25, -0.2) is 0 Å². The van der Waals surface area contributed by atoms with Gasteiger partial charge in [-0.05, 0) is 55.4 Å². The van der Waals surface area contributed by atoms with Crippen molar-refractivity contribution >= 4 is 22.7 Å². The highest BCUT2D eigenvalue weighted by Crippen LogP contribution is 2.40. The number of aryl methyl sites for hydroxylation is 1. The number of carbonyl (C=O) groups is 2. The summed E-state index contributed by atoms with van der Waals surface area (Å²) in [6.45, 7) is 2.79. The zero-order valence-corrected chi connectivity index (χ0v) is 16.4. The molecule has 1 aliphatic heterocycles. The van der Waals surface area contributed by atoms with E-state index in [0.29, 0.717) is 24.0 Å². The largest absolute Gasteiger partial charge is 0.497 e. The number of benzene rings is 1. The Morgan fingerprint density at radius 2 is 2.04 bits per heavy atom. The molecule has 0 radical (unpaired) electrons. The molecule has 0 spiro atoms. The molecule has 144 valence electrons. The molecule has 27 heavy (non-hydrogen) atoms. The summed E-state index contributed by atoms with van der Waals surface area (Å²) in [5, 5.41) is 1.01. The minimum atomic E-state index is 0.0194. The quantitative estimate of drug-likeness (QED) is 0.905. The van der Waals surface area contributed by atoms with Crippen molar-refractivity contribution in [2.75, 3.05) is 27.7 Å². The van der Waals surface area contributed by atoms with Gasteiger partial charge in [0.25, 0.3) is 5.91 Å². The number of aromatic nitrogens is 1. The third kappa shape index (κ3) is 2.97. The van der Waals surface area contributed by atoms with Crippen LogP contribution in [0.5, 0.6) is 5.75 Å². The first-order chi connectivity index (χ1) is 12.9. The monoisotopic (exact) mass is 369 g/mol. The van der Waals surface area contributed by atoms with E-state index in [0.717, 1.165) is 41.6 Å². The minimum Gasteiger partial charge on any atom is -0.497 e. The molecule has 0 bridgehead atoms. The van der Waals surface area contributed by atoms with Gasteiger partial charge in [-0.3, -0.25) is 9.59 Å². The van der Waals surface area contributed by atoms with E-state index in [9.17, 15) is 9.59 Å². The molecule has 1 aromatic heterocycles. The van der Waals surface area contributed by atoms with Crippen LogP contribution in [0.15, 0.2) is 18.2 Å². The number of H-pyrrole nitrogens is 1. The van der Waals surface area contributed by atoms with Crippen LogP contribution in [0.1, 0.15) is 35.3 Å². The first-order valence-electron chi connectivity index (χ1n) is 9.56. The van der Waals surface area contributed by atoms with E-state index in [2.05, 4.69) is 4.98 Å². The van der Waals surface area contributed by atoms with Crippen LogP contribution >= 0.6 is 0 Å². The smallest absolute Gasteiger partial charge is 0.270 e. The number of carbonyl (C=O) groups excluding carboxylic acids is 2. The van der Waals surface area contributed by atoms with E-state index >= 15 is 0 Å². The van der Waals surface area contributed by atoms with Crippen LogP contribution in [-0.2, 0) is 4.79 Å². The van der Waals surface area contributed by atoms with Crippen molar-refractivity contribution in [3.8, 4) is 5.75 Å². The fraction of sp³-hybridized carbons (Fsp3) is 0.524. The summed E-state index contributed by atoms with van der Waals surface area (Å²) in [5.74, 6) is 1.94. The Morgan fingerprint density at radius 3 is 2.78 bits per heavy atom. The number of hydrogen-bond acceptors (Lipinski definition) is 3. The van der Waals surface area contributed by atoms with Crippen LogP contribution in [-0.4, -0.2) is 60.4 Å². The summed E-state index contributed by atoms with van der Waals surface area (Å²) >= 11 is 0. The van der Waals surface area contributed by atoms with E-state index in [-0.39, 0.29) is 17.9 Å². The molecular weight excluding hydrogens is 342 g/mol. The van der Waals surface area contributed by atoms with Crippen LogP contribution in [0, 0.1) is 18.8 Å². The topological polar surface area (TPSA) is 65.6 Å². The van der Waals surface area contributed by atoms with Gasteiger partial charge >= 0.3 is 0 Å². The van der Waals surface area contributed by atoms with Gasteiger partial charge in [0, 0.05) is 44.0 Å². The van der Waals surface area contributed by atoms with Crippen molar-refractivity contribution in [3.05, 3.63) is 29.5 Å². The van der Waals surface area contributed by atoms with Crippen molar-refractivity contribution < 1.29 is 14.3 Å². The average Bonchev–Trinajstić information content (AvgIpc) is 3.21. The van der Waals surface area contributed by atoms with E-state index in [1.54, 1.807) is 7.11 Å². The van der Waals surface area contributed by atoms with Crippen LogP contribution in [0.3, 0.4) is 0 Å². The fourth-order valence-corrected chi connectivity index (χ4v) is 4.79. The summed E-state index contributed by atoms with van der Waals surface area (Å²) < 4.78 is 5.31. The van der Waals surface area contributed by atoms with E-state index in [1.807, 2.05) is 49.0 Å². The van der Waals surface area contributed by atoms with E-state index in [1.165, 1.54) is 0 Å². The molecule has 1 saturated heterocycles. The summed E-state index contributed by atoms with van der Waals surface area (Å²) in [7, 11) is 5.41. The Morgan fingerprint density at radius 1 is 1.30 bits per heavy atom. The number of hydrogen-bond donors (Lipinski definition) is 1. The number of rotatable bonds is 3. The molecule has 2 aromatic rings. The van der Waals surface area contributed by atoms with Crippen LogP contribution < -0.4 is 4.74 Å². The zero-order chi connectivity index (χ0) is 19.3. The van der Waals surface area contributed by atoms with Gasteiger partial charge in [0.2, 0.25) is 5.91 Å². The first kappa shape index (κ1) is 17.9. The molecular formula is C21H27N3O3. The Hall–Kier alpha value is -2.50. The van der Waals surface area contributed by atoms with Crippen molar-refractivity contribution in [2.24, 2.45) is 11.8 Å². The number of aromatic amines is 1. The highest BCUT2D eigenvalue weighted by atomic mass is 16.5. The number of amides is 2. The van der Waals surface area contributed by atoms with Gasteiger partial charge < -0.3 is 19.5 Å². The number of ether oxygens (including phenoxy) is 1. The summed E-state index contributed by atoms with van der Waals surface area (Å²) in [6, 6.07) is 5.99. The van der Waals surface area contributed by atoms with Crippen LogP contribution in [0.25, 0.3) is 10.9 Å². The molecule has 2 amide bonds. The Labute approximate surface area is 159 Å². The number of fused-ring (bicyclic) bond motifs is 2. The Bertz CT molecular complexity index is 903. The van der Waals surface area contributed by atoms with E-state index in [4.69, 9.17) is 4.74 Å². The van der Waals surface area contributed by atoms with Crippen LogP contribution in [0.2, 0.25) is 0 Å². The van der Waals surface area contributed by atoms with Gasteiger partial charge in [0.1, 0.15) is 11.4 Å². The lowest BCUT2D eigenvalue weighted by atomic mass is 9.88. The fourth-order valence-electron chi connectivity index (χ4n) is 4.79. The lowest BCUT2D eigenvalue weighted by Gasteiger charge is -2.31. The second-order valence-electron chi connectivity index (χ2n) is 8.08. The number of nitrogens with one attached hydrogen (secondary N) is 1. The molecule has 1 aromatic carbocycles. The average molecular weight is 369 g/mol. The highest BCUT2D eigenvalue weighted by molar-refractivity contribution is 6.01. The summed E-state index contributed by atoms with van der Waals surface area (Å²) in [5.41, 5.74) is 2.53. The predicted molar refractivity (Wildman–Crippen MR) is 104 cm³/mol. The third-order valence-corrected chi connectivity index (χ3v) is 6.53. The first-order valence-corrected chi connectivity index (χ1v) is 9.56. The maximum atomic E-state index is 13.2. The highest BCUT2D eigenvalue weighted by Gasteiger charge is 2.42. The van der Waals surface area contributed by atoms with Crippen LogP contribution in [0.4, 0.5) is 0 Å². The Kier molecular flexibility index (Phi) is 4.36. The molecule has 1 aliphatic carbocycles. The molecule has 1 saturated carbocycles. The molecule has 6 heteroatoms. The maximum Gasteiger partial charge on any atom is 0.270 e. The maximum absolute atomic E-state index is 13.2. The molecule has 0 unspecified atom stereocenters. The number of methoxy groups -OCH3 is 1. The van der Waals surface area contributed by atoms with Gasteiger partial charge in [0.05, 0.1) is 7.11 Å². The van der Waals surface area contributed by atoms with Gasteiger partial charge in [-0.1, -0.05) is 0 Å². The lowest BCUT2D eigenvalue weighted by molar-refractivity contribution is -0.134. The molecule has 6 nitrogen and oxygen atoms in total. The number of likely N-dealkylation sites (tertiary alicyclic amines) is 1. The van der Waals surface area contributed by atoms with Crippen molar-refractivity contribution in [3.63, 3.8) is 0 Å². The standard InChI is InChI=1S/C21H27N3O3/c1-12-17-10-16(27-4)5-6-18(17)22-20(12)21(26)24(3)15-7-13-9-19(25)23(2)11-14(13)8-15/h5-6,10,13-15,22H,7-9,11H2,1-4H3/t13-,14+,15-/m1/s1. The number of nitrogens with zero attached hydrogens (tertiary/aromatic N) is 2. The van der Waals surface area contributed by atoms with Crippen molar-refractivity contribution in [1.29, 1.82) is 0 Å². The minimum absolute atomic E-state index is 0.0194. The SMILES string of the molecule is COc1ccc2[nH]c(C(=O)N(C)[C@@H]3C[C@@H]4CC(=O)N(C)C[C@@H]4C3)c(C)c2c1. The third-order valence-electron chi connectivity index (χ3n) is 6.53. The second-order valence-corrected chi connectivity index (χ2v) is 8.08. The molecule has 2 aliphatic rings. The van der Waals surface area contributed by atoms with Gasteiger partial charge in [-0.15, -0.1) is 0 Å². The summed E-state index contributed by atoms with van der Waals surface area (Å²) in [4.78, 5) is 32.2. The van der Waals surface area contributed by atoms with E-state index < -0.39 is 0 Å². The molecule has 4 rings (SSSR count). The van der Waals surface area contributed by atoms with Gasteiger partial charge in [0.15, 0.2) is 0 Å². The molecule has 3 atom stereocenters. The zero-order valence-electron chi connectivity index (χ0n) is 16.4. The molecule has 2 heterocycles. The second kappa shape index (κ2) is 6.59. The van der Waals surface area contributed by atoms with Crippen molar-refractivity contribution in [2.45, 2.75) is 32.2 Å². The normalized spacial score (nSPS) is 25.0. The van der Waals surface area contributed by atoms with Crippen molar-refractivity contribution in [1.82, 2.24) is 14.8 Å².